The van der Waals surface area contributed by atoms with Crippen molar-refractivity contribution in [3.8, 4) is 0 Å². The van der Waals surface area contributed by atoms with Crippen molar-refractivity contribution in [2.75, 3.05) is 21.3 Å². The maximum atomic E-state index is 11.8. The van der Waals surface area contributed by atoms with Crippen molar-refractivity contribution in [1.82, 2.24) is 0 Å². The molecule has 0 heterocycles. The molecule has 15 heavy (non-hydrogen) atoms. The maximum absolute atomic E-state index is 11.8. The average molecular weight is 264 g/mol. The van der Waals surface area contributed by atoms with E-state index in [-0.39, 0.29) is 6.04 Å². The molecular weight excluding hydrogens is 245 g/mol. The molecule has 0 amide bonds. The van der Waals surface area contributed by atoms with Gasteiger partial charge < -0.3 is 13.3 Å². The van der Waals surface area contributed by atoms with Gasteiger partial charge in [-0.1, -0.05) is 0 Å². The molecule has 0 unspecified atom stereocenters. The molecule has 0 bridgehead atoms. The molecule has 0 aromatic carbocycles. The lowest BCUT2D eigenvalue weighted by Crippen LogP contribution is -2.37. The van der Waals surface area contributed by atoms with Crippen molar-refractivity contribution in [2.45, 2.75) is 25.2 Å². The molecule has 0 saturated carbocycles. The van der Waals surface area contributed by atoms with Crippen LogP contribution in [0.4, 0.5) is 13.2 Å². The molecule has 0 atom stereocenters. The zero-order chi connectivity index (χ0) is 12.5. The highest BCUT2D eigenvalue weighted by atomic mass is 28.4. The van der Waals surface area contributed by atoms with E-state index in [2.05, 4.69) is 4.43 Å². The summed E-state index contributed by atoms with van der Waals surface area (Å²) in [6.45, 7) is 1.61. The minimum atomic E-state index is -4.12. The molecule has 0 aliphatic carbocycles. The van der Waals surface area contributed by atoms with Gasteiger partial charge in [-0.25, -0.2) is 0 Å². The molecule has 0 radical (unpaired) electrons. The third kappa shape index (κ3) is 12.0. The van der Waals surface area contributed by atoms with Gasteiger partial charge >= 0.3 is 14.7 Å². The van der Waals surface area contributed by atoms with Crippen LogP contribution in [-0.4, -0.2) is 46.6 Å². The van der Waals surface area contributed by atoms with Crippen LogP contribution in [0.3, 0.4) is 0 Å². The average Bonchev–Trinajstić information content (AvgIpc) is 2.14. The number of halogens is 3. The van der Waals surface area contributed by atoms with Crippen LogP contribution in [0.1, 0.15) is 6.42 Å². The maximum Gasteiger partial charge on any atom is 0.389 e. The number of alkyl halides is 3. The van der Waals surface area contributed by atoms with E-state index >= 15 is 0 Å². The Morgan fingerprint density at radius 2 is 1.47 bits per heavy atom. The highest BCUT2D eigenvalue weighted by Crippen LogP contribution is 2.26. The van der Waals surface area contributed by atoms with E-state index < -0.39 is 21.2 Å². The zero-order valence-corrected chi connectivity index (χ0v) is 12.8. The summed E-state index contributed by atoms with van der Waals surface area (Å²) in [7, 11) is 2.79. The first-order chi connectivity index (χ1) is 6.74. The molecule has 0 N–H and O–H groups in total. The Bertz CT molecular complexity index is 151. The van der Waals surface area contributed by atoms with Gasteiger partial charge in [0.25, 0.3) is 0 Å². The minimum absolute atomic E-state index is 0.0521. The van der Waals surface area contributed by atoms with E-state index in [9.17, 15) is 13.2 Å². The van der Waals surface area contributed by atoms with Crippen molar-refractivity contribution in [2.24, 2.45) is 0 Å². The molecule has 3 nitrogen and oxygen atoms in total. The van der Waals surface area contributed by atoms with Gasteiger partial charge in [-0.3, -0.25) is 0 Å². The Morgan fingerprint density at radius 3 is 1.67 bits per heavy atom. The Morgan fingerprint density at radius 1 is 1.13 bits per heavy atom. The van der Waals surface area contributed by atoms with E-state index in [4.69, 9.17) is 8.85 Å². The topological polar surface area (TPSA) is 27.7 Å². The molecule has 8 heteroatoms. The summed E-state index contributed by atoms with van der Waals surface area (Å²) in [5.74, 6) is 0. The lowest BCUT2D eigenvalue weighted by atomic mass is 10.5. The van der Waals surface area contributed by atoms with Crippen LogP contribution < -0.4 is 0 Å². The lowest BCUT2D eigenvalue weighted by molar-refractivity contribution is -0.131. The Labute approximate surface area is 92.7 Å². The summed E-state index contributed by atoms with van der Waals surface area (Å²) in [4.78, 5) is 0. The summed E-state index contributed by atoms with van der Waals surface area (Å²) in [6.07, 6.45) is -4.96. The fourth-order valence-electron chi connectivity index (χ4n) is 0.656. The van der Waals surface area contributed by atoms with Crippen LogP contribution >= 0.6 is 0 Å². The molecule has 0 spiro atoms. The van der Waals surface area contributed by atoms with Crippen LogP contribution in [0, 0.1) is 0 Å². The molecule has 0 saturated heterocycles. The second kappa shape index (κ2) is 8.28. The van der Waals surface area contributed by atoms with Crippen molar-refractivity contribution in [3.05, 3.63) is 0 Å². The number of rotatable bonds is 4. The molecule has 0 rings (SSSR count). The fourth-order valence-corrected chi connectivity index (χ4v) is 1.97. The molecule has 0 aromatic rings. The highest BCUT2D eigenvalue weighted by Gasteiger charge is 2.36. The van der Waals surface area contributed by atoms with E-state index in [1.807, 2.05) is 0 Å². The van der Waals surface area contributed by atoms with Gasteiger partial charge in [-0.2, -0.15) is 13.2 Å². The fraction of sp³-hybridized carbons (Fsp3) is 1.00. The predicted octanol–water partition coefficient (Wildman–Crippen LogP) is 1.22. The SMILES string of the molecule is CO[SiH3].CO[Si](C)(CCC(F)(F)F)OC. The van der Waals surface area contributed by atoms with Crippen LogP contribution in [0.2, 0.25) is 12.6 Å². The predicted molar refractivity (Wildman–Crippen MR) is 58.1 cm³/mol. The van der Waals surface area contributed by atoms with E-state index in [1.165, 1.54) is 14.2 Å². The van der Waals surface area contributed by atoms with Crippen molar-refractivity contribution in [3.63, 3.8) is 0 Å². The second-order valence-corrected chi connectivity index (χ2v) is 7.47. The van der Waals surface area contributed by atoms with Gasteiger partial charge in [-0.15, -0.1) is 0 Å². The number of hydrogen-bond donors (Lipinski definition) is 0. The first kappa shape index (κ1) is 17.5. The van der Waals surface area contributed by atoms with Crippen molar-refractivity contribution in [1.29, 1.82) is 0 Å². The van der Waals surface area contributed by atoms with Crippen LogP contribution in [0.5, 0.6) is 0 Å². The van der Waals surface area contributed by atoms with Gasteiger partial charge in [-0.05, 0) is 12.6 Å². The van der Waals surface area contributed by atoms with Gasteiger partial charge in [0.15, 0.2) is 0 Å². The minimum Gasteiger partial charge on any atom is -0.431 e. The number of hydrogen-bond acceptors (Lipinski definition) is 3. The van der Waals surface area contributed by atoms with Gasteiger partial charge in [0.05, 0.1) is 0 Å². The molecule has 0 aliphatic rings. The summed E-state index contributed by atoms with van der Waals surface area (Å²) in [5.41, 5.74) is 0. The zero-order valence-electron chi connectivity index (χ0n) is 9.77. The molecule has 0 aliphatic heterocycles. The largest absolute Gasteiger partial charge is 0.431 e. The molecular formula is C7H19F3O3Si2. The monoisotopic (exact) mass is 264 g/mol. The van der Waals surface area contributed by atoms with E-state index in [0.717, 1.165) is 10.5 Å². The third-order valence-electron chi connectivity index (χ3n) is 1.73. The van der Waals surface area contributed by atoms with Crippen LogP contribution in [-0.2, 0) is 13.3 Å². The van der Waals surface area contributed by atoms with Crippen molar-refractivity contribution >= 4 is 19.0 Å². The van der Waals surface area contributed by atoms with E-state index in [1.54, 1.807) is 13.7 Å². The van der Waals surface area contributed by atoms with Crippen LogP contribution in [0.15, 0.2) is 0 Å². The van der Waals surface area contributed by atoms with Gasteiger partial charge in [0.1, 0.15) is 10.5 Å². The summed E-state index contributed by atoms with van der Waals surface area (Å²) in [5, 5.41) is 0. The van der Waals surface area contributed by atoms with Gasteiger partial charge in [0.2, 0.25) is 0 Å². The normalized spacial score (nSPS) is 12.2. The molecule has 0 aromatic heterocycles. The molecule has 0 fully saturated rings. The quantitative estimate of drug-likeness (QED) is 0.715. The van der Waals surface area contributed by atoms with E-state index in [0.29, 0.717) is 0 Å². The standard InChI is InChI=1S/C6H13F3O2Si.CH6OSi/c1-10-12(3,11-2)5-4-6(7,8)9;1-2-3/h4-5H2,1-3H3;1,3H3. The first-order valence-electron chi connectivity index (χ1n) is 4.32. The van der Waals surface area contributed by atoms with Gasteiger partial charge in [0, 0.05) is 27.8 Å². The smallest absolute Gasteiger partial charge is 0.389 e. The Hall–Kier alpha value is 0.104. The summed E-state index contributed by atoms with van der Waals surface area (Å²) in [6, 6.07) is -0.0521. The Kier molecular flexibility index (Phi) is 9.66. The summed E-state index contributed by atoms with van der Waals surface area (Å²) >= 11 is 0. The first-order valence-corrected chi connectivity index (χ1v) is 7.66. The lowest BCUT2D eigenvalue weighted by Gasteiger charge is -2.22. The molecule has 94 valence electrons. The summed E-state index contributed by atoms with van der Waals surface area (Å²) < 4.78 is 49.5. The third-order valence-corrected chi connectivity index (χ3v) is 4.61. The second-order valence-electron chi connectivity index (χ2n) is 3.07. The highest BCUT2D eigenvalue weighted by molar-refractivity contribution is 6.65. The van der Waals surface area contributed by atoms with Crippen LogP contribution in [0.25, 0.3) is 0 Å². The van der Waals surface area contributed by atoms with Crippen molar-refractivity contribution < 1.29 is 26.4 Å². The Balaban J connectivity index is 0.